The highest BCUT2D eigenvalue weighted by molar-refractivity contribution is 5.93. The predicted octanol–water partition coefficient (Wildman–Crippen LogP) is 2.69. The van der Waals surface area contributed by atoms with Gasteiger partial charge in [-0.15, -0.1) is 0 Å². The van der Waals surface area contributed by atoms with Crippen LogP contribution in [0.25, 0.3) is 6.08 Å². The number of hydrogen-bond acceptors (Lipinski definition) is 2. The Morgan fingerprint density at radius 1 is 1.29 bits per heavy atom. The molecule has 0 saturated heterocycles. The molecule has 5 heteroatoms. The van der Waals surface area contributed by atoms with Gasteiger partial charge in [-0.1, -0.05) is 31.0 Å². The van der Waals surface area contributed by atoms with E-state index in [1.807, 2.05) is 0 Å². The molecule has 1 amide bonds. The van der Waals surface area contributed by atoms with Crippen LogP contribution in [0.5, 0.6) is 0 Å². The number of nitrogens with zero attached hydrogens (tertiary/aromatic N) is 1. The summed E-state index contributed by atoms with van der Waals surface area (Å²) >= 11 is 0. The van der Waals surface area contributed by atoms with Crippen LogP contribution in [0.1, 0.15) is 31.2 Å². The van der Waals surface area contributed by atoms with E-state index in [0.29, 0.717) is 5.56 Å². The van der Waals surface area contributed by atoms with Gasteiger partial charge < -0.3 is 10.0 Å². The van der Waals surface area contributed by atoms with E-state index >= 15 is 0 Å². The van der Waals surface area contributed by atoms with Gasteiger partial charge in [-0.2, -0.15) is 0 Å². The predicted molar refractivity (Wildman–Crippen MR) is 77.0 cm³/mol. The maximum absolute atomic E-state index is 13.5. The van der Waals surface area contributed by atoms with E-state index in [1.54, 1.807) is 18.2 Å². The minimum atomic E-state index is -1.03. The number of carbonyl (C=O) groups is 2. The Morgan fingerprint density at radius 2 is 1.95 bits per heavy atom. The largest absolute Gasteiger partial charge is 0.480 e. The van der Waals surface area contributed by atoms with Gasteiger partial charge in [0.25, 0.3) is 0 Å². The lowest BCUT2D eigenvalue weighted by atomic mass is 10.1. The zero-order valence-electron chi connectivity index (χ0n) is 11.7. The minimum absolute atomic E-state index is 0.0288. The number of benzene rings is 1. The van der Waals surface area contributed by atoms with Crippen molar-refractivity contribution < 1.29 is 19.1 Å². The molecular formula is C16H18FNO3. The topological polar surface area (TPSA) is 57.6 Å². The lowest BCUT2D eigenvalue weighted by Gasteiger charge is -2.26. The molecule has 112 valence electrons. The zero-order valence-corrected chi connectivity index (χ0v) is 11.7. The maximum Gasteiger partial charge on any atom is 0.323 e. The molecule has 0 bridgehead atoms. The van der Waals surface area contributed by atoms with Gasteiger partial charge in [0, 0.05) is 17.7 Å². The van der Waals surface area contributed by atoms with E-state index in [-0.39, 0.29) is 18.5 Å². The second-order valence-electron chi connectivity index (χ2n) is 5.15. The van der Waals surface area contributed by atoms with E-state index in [2.05, 4.69) is 0 Å². The highest BCUT2D eigenvalue weighted by Gasteiger charge is 2.26. The monoisotopic (exact) mass is 291 g/mol. The summed E-state index contributed by atoms with van der Waals surface area (Å²) in [6.45, 7) is -0.314. The number of carboxylic acid groups (broad SMARTS) is 1. The molecule has 4 nitrogen and oxygen atoms in total. The molecule has 1 fully saturated rings. The fourth-order valence-electron chi connectivity index (χ4n) is 2.62. The van der Waals surface area contributed by atoms with E-state index in [9.17, 15) is 14.0 Å². The zero-order chi connectivity index (χ0) is 15.2. The third-order valence-electron chi connectivity index (χ3n) is 3.66. The van der Waals surface area contributed by atoms with Gasteiger partial charge in [-0.25, -0.2) is 4.39 Å². The fourth-order valence-corrected chi connectivity index (χ4v) is 2.62. The molecular weight excluding hydrogens is 273 g/mol. The first-order chi connectivity index (χ1) is 10.1. The van der Waals surface area contributed by atoms with Crippen molar-refractivity contribution in [3.05, 3.63) is 41.7 Å². The molecule has 1 aliphatic carbocycles. The Labute approximate surface area is 122 Å². The first kappa shape index (κ1) is 15.2. The Balaban J connectivity index is 2.10. The van der Waals surface area contributed by atoms with Crippen LogP contribution in [0.2, 0.25) is 0 Å². The molecule has 0 aromatic heterocycles. The van der Waals surface area contributed by atoms with Gasteiger partial charge in [-0.05, 0) is 25.0 Å². The van der Waals surface area contributed by atoms with Crippen LogP contribution in [-0.4, -0.2) is 34.5 Å². The van der Waals surface area contributed by atoms with E-state index in [4.69, 9.17) is 5.11 Å². The van der Waals surface area contributed by atoms with Crippen molar-refractivity contribution in [1.82, 2.24) is 4.90 Å². The fraction of sp³-hybridized carbons (Fsp3) is 0.375. The highest BCUT2D eigenvalue weighted by Crippen LogP contribution is 2.23. The smallest absolute Gasteiger partial charge is 0.323 e. The van der Waals surface area contributed by atoms with Crippen LogP contribution in [-0.2, 0) is 9.59 Å². The van der Waals surface area contributed by atoms with Crippen molar-refractivity contribution in [1.29, 1.82) is 0 Å². The molecule has 1 aliphatic rings. The summed E-state index contributed by atoms with van der Waals surface area (Å²) in [5, 5.41) is 8.94. The quantitative estimate of drug-likeness (QED) is 0.849. The van der Waals surface area contributed by atoms with E-state index < -0.39 is 11.8 Å². The van der Waals surface area contributed by atoms with E-state index in [1.165, 1.54) is 23.1 Å². The van der Waals surface area contributed by atoms with Crippen molar-refractivity contribution in [2.24, 2.45) is 0 Å². The minimum Gasteiger partial charge on any atom is -0.480 e. The van der Waals surface area contributed by atoms with Gasteiger partial charge in [-0.3, -0.25) is 9.59 Å². The molecule has 0 unspecified atom stereocenters. The van der Waals surface area contributed by atoms with Gasteiger partial charge >= 0.3 is 5.97 Å². The summed E-state index contributed by atoms with van der Waals surface area (Å²) in [5.41, 5.74) is 0.313. The Kier molecular flexibility index (Phi) is 5.09. The van der Waals surface area contributed by atoms with Gasteiger partial charge in [0.1, 0.15) is 12.4 Å². The SMILES string of the molecule is O=C(O)CN(C(=O)/C=C/c1ccccc1F)C1CCCC1. The summed E-state index contributed by atoms with van der Waals surface area (Å²) in [6.07, 6.45) is 6.30. The highest BCUT2D eigenvalue weighted by atomic mass is 19.1. The molecule has 0 aliphatic heterocycles. The second-order valence-corrected chi connectivity index (χ2v) is 5.15. The third kappa shape index (κ3) is 4.15. The van der Waals surface area contributed by atoms with Crippen molar-refractivity contribution in [2.75, 3.05) is 6.54 Å². The average Bonchev–Trinajstić information content (AvgIpc) is 2.97. The lowest BCUT2D eigenvalue weighted by molar-refractivity contribution is -0.144. The van der Waals surface area contributed by atoms with Crippen molar-refractivity contribution in [3.63, 3.8) is 0 Å². The van der Waals surface area contributed by atoms with Crippen LogP contribution in [0.4, 0.5) is 4.39 Å². The number of hydrogen-bond donors (Lipinski definition) is 1. The summed E-state index contributed by atoms with van der Waals surface area (Å²) in [5.74, 6) is -1.82. The normalized spacial score (nSPS) is 15.5. The number of aliphatic carboxylic acids is 1. The summed E-state index contributed by atoms with van der Waals surface area (Å²) in [6, 6.07) is 6.11. The number of carbonyl (C=O) groups excluding carboxylic acids is 1. The molecule has 0 atom stereocenters. The molecule has 1 N–H and O–H groups in total. The molecule has 0 spiro atoms. The van der Waals surface area contributed by atoms with Crippen molar-refractivity contribution in [2.45, 2.75) is 31.7 Å². The second kappa shape index (κ2) is 7.02. The van der Waals surface area contributed by atoms with Gasteiger partial charge in [0.15, 0.2) is 0 Å². The first-order valence-corrected chi connectivity index (χ1v) is 7.03. The van der Waals surface area contributed by atoms with Gasteiger partial charge in [0.05, 0.1) is 0 Å². The van der Waals surface area contributed by atoms with Crippen LogP contribution < -0.4 is 0 Å². The molecule has 1 aromatic carbocycles. The van der Waals surface area contributed by atoms with Crippen molar-refractivity contribution in [3.8, 4) is 0 Å². The standard InChI is InChI=1S/C16H18FNO3/c17-14-8-4-1-5-12(14)9-10-15(19)18(11-16(20)21)13-6-2-3-7-13/h1,4-5,8-10,13H,2-3,6-7,11H2,(H,20,21)/b10-9+. The first-order valence-electron chi connectivity index (χ1n) is 7.03. The van der Waals surface area contributed by atoms with Gasteiger partial charge in [0.2, 0.25) is 5.91 Å². The molecule has 0 radical (unpaired) electrons. The summed E-state index contributed by atoms with van der Waals surface area (Å²) < 4.78 is 13.5. The Hall–Kier alpha value is -2.17. The number of rotatable bonds is 5. The lowest BCUT2D eigenvalue weighted by Crippen LogP contribution is -2.41. The van der Waals surface area contributed by atoms with Crippen LogP contribution in [0, 0.1) is 5.82 Å². The molecule has 1 saturated carbocycles. The average molecular weight is 291 g/mol. The van der Waals surface area contributed by atoms with E-state index in [0.717, 1.165) is 25.7 Å². The molecule has 2 rings (SSSR count). The maximum atomic E-state index is 13.5. The number of carboxylic acids is 1. The summed E-state index contributed by atoms with van der Waals surface area (Å²) in [4.78, 5) is 24.5. The Morgan fingerprint density at radius 3 is 2.57 bits per heavy atom. The third-order valence-corrected chi connectivity index (χ3v) is 3.66. The van der Waals surface area contributed by atoms with Crippen molar-refractivity contribution >= 4 is 18.0 Å². The molecule has 21 heavy (non-hydrogen) atoms. The van der Waals surface area contributed by atoms with Crippen LogP contribution in [0.15, 0.2) is 30.3 Å². The number of amides is 1. The summed E-state index contributed by atoms with van der Waals surface area (Å²) in [7, 11) is 0. The molecule has 1 aromatic rings. The van der Waals surface area contributed by atoms with Crippen LogP contribution in [0.3, 0.4) is 0 Å². The molecule has 0 heterocycles. The Bertz CT molecular complexity index is 550. The van der Waals surface area contributed by atoms with Crippen LogP contribution >= 0.6 is 0 Å². The number of halogens is 1.